The molecule has 4 heteroatoms. The fourth-order valence-corrected chi connectivity index (χ4v) is 2.81. The highest BCUT2D eigenvalue weighted by Crippen LogP contribution is 2.20. The minimum Gasteiger partial charge on any atom is -0.298 e. The second-order valence-corrected chi connectivity index (χ2v) is 5.55. The predicted molar refractivity (Wildman–Crippen MR) is 77.0 cm³/mol. The summed E-state index contributed by atoms with van der Waals surface area (Å²) in [5.41, 5.74) is 0.439. The van der Waals surface area contributed by atoms with Gasteiger partial charge in [-0.1, -0.05) is 18.2 Å². The molecule has 0 fully saturated rings. The lowest BCUT2D eigenvalue weighted by Gasteiger charge is -2.08. The number of ketones is 1. The first-order chi connectivity index (χ1) is 9.70. The van der Waals surface area contributed by atoms with Gasteiger partial charge in [0.25, 0.3) is 0 Å². The average molecular weight is 287 g/mol. The van der Waals surface area contributed by atoms with Gasteiger partial charge in [-0.25, -0.2) is 4.39 Å². The van der Waals surface area contributed by atoms with Gasteiger partial charge in [0.15, 0.2) is 5.78 Å². The van der Waals surface area contributed by atoms with Gasteiger partial charge in [-0.3, -0.25) is 4.79 Å². The largest absolute Gasteiger partial charge is 0.298 e. The fraction of sp³-hybridized carbons (Fsp3) is 0.250. The number of benzene rings is 1. The van der Waals surface area contributed by atoms with Gasteiger partial charge in [-0.05, 0) is 42.0 Å². The summed E-state index contributed by atoms with van der Waals surface area (Å²) in [7, 11) is 0. The molecule has 1 aromatic carbocycles. The number of aryl methyl sites for hydroxylation is 1. The van der Waals surface area contributed by atoms with Crippen LogP contribution in [0.5, 0.6) is 0 Å². The Hall–Kier alpha value is -1.99. The van der Waals surface area contributed by atoms with Gasteiger partial charge in [0.2, 0.25) is 0 Å². The number of carbonyl (C=O) groups is 1. The van der Waals surface area contributed by atoms with Crippen LogP contribution in [0.3, 0.4) is 0 Å². The van der Waals surface area contributed by atoms with Crippen molar-refractivity contribution in [2.45, 2.75) is 25.2 Å². The van der Waals surface area contributed by atoms with Crippen molar-refractivity contribution in [1.82, 2.24) is 0 Å². The summed E-state index contributed by atoms with van der Waals surface area (Å²) in [6.07, 6.45) is 1.89. The van der Waals surface area contributed by atoms with Gasteiger partial charge in [0.05, 0.1) is 6.07 Å². The highest BCUT2D eigenvalue weighted by molar-refractivity contribution is 7.09. The van der Waals surface area contributed by atoms with E-state index in [0.29, 0.717) is 18.4 Å². The SMILES string of the molecule is N#CC(C(=O)CCCc1cccs1)c1cccc(F)c1. The molecule has 2 aromatic rings. The van der Waals surface area contributed by atoms with E-state index >= 15 is 0 Å². The Morgan fingerprint density at radius 3 is 2.85 bits per heavy atom. The van der Waals surface area contributed by atoms with Gasteiger partial charge >= 0.3 is 0 Å². The van der Waals surface area contributed by atoms with Crippen LogP contribution in [-0.2, 0) is 11.2 Å². The Kier molecular flexibility index (Phi) is 5.03. The van der Waals surface area contributed by atoms with Crippen molar-refractivity contribution in [1.29, 1.82) is 5.26 Å². The van der Waals surface area contributed by atoms with Crippen LogP contribution >= 0.6 is 11.3 Å². The third-order valence-corrected chi connectivity index (χ3v) is 4.00. The summed E-state index contributed by atoms with van der Waals surface area (Å²) in [6.45, 7) is 0. The molecule has 0 N–H and O–H groups in total. The van der Waals surface area contributed by atoms with E-state index in [1.54, 1.807) is 17.4 Å². The molecule has 0 saturated carbocycles. The lowest BCUT2D eigenvalue weighted by molar-refractivity contribution is -0.119. The number of hydrogen-bond donors (Lipinski definition) is 0. The molecule has 0 saturated heterocycles. The second-order valence-electron chi connectivity index (χ2n) is 4.52. The molecule has 0 radical (unpaired) electrons. The number of nitriles is 1. The fourth-order valence-electron chi connectivity index (χ4n) is 2.05. The van der Waals surface area contributed by atoms with E-state index in [4.69, 9.17) is 5.26 Å². The number of Topliss-reactive ketones (excluding diaryl/α,β-unsaturated/α-hetero) is 1. The minimum atomic E-state index is -0.867. The van der Waals surface area contributed by atoms with Gasteiger partial charge in [0.1, 0.15) is 11.7 Å². The molecule has 102 valence electrons. The number of carbonyl (C=O) groups excluding carboxylic acids is 1. The Morgan fingerprint density at radius 1 is 1.35 bits per heavy atom. The highest BCUT2D eigenvalue weighted by Gasteiger charge is 2.19. The van der Waals surface area contributed by atoms with Gasteiger partial charge < -0.3 is 0 Å². The first-order valence-corrected chi connectivity index (χ1v) is 7.29. The summed E-state index contributed by atoms with van der Waals surface area (Å²) < 4.78 is 13.1. The first-order valence-electron chi connectivity index (χ1n) is 6.41. The molecule has 1 aromatic heterocycles. The monoisotopic (exact) mass is 287 g/mol. The summed E-state index contributed by atoms with van der Waals surface area (Å²) in [5, 5.41) is 11.1. The van der Waals surface area contributed by atoms with Crippen LogP contribution in [0.4, 0.5) is 4.39 Å². The Labute approximate surface area is 121 Å². The molecule has 2 nitrogen and oxygen atoms in total. The van der Waals surface area contributed by atoms with Crippen LogP contribution in [0.25, 0.3) is 0 Å². The van der Waals surface area contributed by atoms with E-state index in [0.717, 1.165) is 6.42 Å². The van der Waals surface area contributed by atoms with E-state index in [-0.39, 0.29) is 5.78 Å². The zero-order valence-corrected chi connectivity index (χ0v) is 11.7. The van der Waals surface area contributed by atoms with Crippen molar-refractivity contribution in [3.63, 3.8) is 0 Å². The molecule has 0 aliphatic carbocycles. The predicted octanol–water partition coefficient (Wildman–Crippen LogP) is 4.09. The second kappa shape index (κ2) is 6.97. The maximum Gasteiger partial charge on any atom is 0.154 e. The molecule has 0 bridgehead atoms. The van der Waals surface area contributed by atoms with Gasteiger partial charge in [-0.2, -0.15) is 5.26 Å². The normalized spacial score (nSPS) is 11.8. The van der Waals surface area contributed by atoms with Crippen molar-refractivity contribution in [3.8, 4) is 6.07 Å². The maximum atomic E-state index is 13.1. The van der Waals surface area contributed by atoms with Crippen LogP contribution in [0.1, 0.15) is 29.2 Å². The molecular formula is C16H14FNOS. The summed E-state index contributed by atoms with van der Waals surface area (Å²) >= 11 is 1.66. The lowest BCUT2D eigenvalue weighted by atomic mass is 9.93. The third-order valence-electron chi connectivity index (χ3n) is 3.06. The number of hydrogen-bond acceptors (Lipinski definition) is 3. The quantitative estimate of drug-likeness (QED) is 0.803. The zero-order valence-electron chi connectivity index (χ0n) is 10.9. The summed E-state index contributed by atoms with van der Waals surface area (Å²) in [5.74, 6) is -1.43. The smallest absolute Gasteiger partial charge is 0.154 e. The molecule has 0 aliphatic rings. The average Bonchev–Trinajstić information content (AvgIpc) is 2.93. The van der Waals surface area contributed by atoms with Crippen LogP contribution in [-0.4, -0.2) is 5.78 Å². The van der Waals surface area contributed by atoms with Crippen LogP contribution in [0, 0.1) is 17.1 Å². The summed E-state index contributed by atoms with van der Waals surface area (Å²) in [4.78, 5) is 13.3. The summed E-state index contributed by atoms with van der Waals surface area (Å²) in [6, 6.07) is 11.7. The van der Waals surface area contributed by atoms with Crippen LogP contribution in [0.15, 0.2) is 41.8 Å². The highest BCUT2D eigenvalue weighted by atomic mass is 32.1. The van der Waals surface area contributed by atoms with Crippen molar-refractivity contribution >= 4 is 17.1 Å². The molecule has 0 amide bonds. The minimum absolute atomic E-state index is 0.144. The molecule has 1 atom stereocenters. The van der Waals surface area contributed by atoms with Crippen LogP contribution in [0.2, 0.25) is 0 Å². The van der Waals surface area contributed by atoms with Crippen molar-refractivity contribution in [2.24, 2.45) is 0 Å². The molecule has 0 spiro atoms. The number of halogens is 1. The van der Waals surface area contributed by atoms with Crippen molar-refractivity contribution < 1.29 is 9.18 Å². The Balaban J connectivity index is 1.94. The maximum absolute atomic E-state index is 13.1. The van der Waals surface area contributed by atoms with E-state index in [1.165, 1.54) is 23.1 Å². The van der Waals surface area contributed by atoms with E-state index in [1.807, 2.05) is 23.6 Å². The topological polar surface area (TPSA) is 40.9 Å². The number of nitrogens with zero attached hydrogens (tertiary/aromatic N) is 1. The number of rotatable bonds is 6. The standard InChI is InChI=1S/C16H14FNOS/c17-13-5-1-4-12(10-13)15(11-18)16(19)8-2-6-14-7-3-9-20-14/h1,3-5,7,9-10,15H,2,6,8H2. The van der Waals surface area contributed by atoms with Crippen LogP contribution < -0.4 is 0 Å². The van der Waals surface area contributed by atoms with E-state index < -0.39 is 11.7 Å². The van der Waals surface area contributed by atoms with E-state index in [2.05, 4.69) is 0 Å². The molecule has 0 aliphatic heterocycles. The first kappa shape index (κ1) is 14.4. The van der Waals surface area contributed by atoms with Crippen molar-refractivity contribution in [3.05, 3.63) is 58.0 Å². The Bertz CT molecular complexity index is 616. The third kappa shape index (κ3) is 3.75. The molecule has 1 unspecified atom stereocenters. The molecule has 2 rings (SSSR count). The molecule has 20 heavy (non-hydrogen) atoms. The molecule has 1 heterocycles. The van der Waals surface area contributed by atoms with Gasteiger partial charge in [0, 0.05) is 11.3 Å². The molecular weight excluding hydrogens is 273 g/mol. The lowest BCUT2D eigenvalue weighted by Crippen LogP contribution is -2.11. The van der Waals surface area contributed by atoms with Crippen molar-refractivity contribution in [2.75, 3.05) is 0 Å². The zero-order chi connectivity index (χ0) is 14.4. The Morgan fingerprint density at radius 2 is 2.20 bits per heavy atom. The number of thiophene rings is 1. The van der Waals surface area contributed by atoms with E-state index in [9.17, 15) is 9.18 Å². The van der Waals surface area contributed by atoms with Gasteiger partial charge in [-0.15, -0.1) is 11.3 Å².